The van der Waals surface area contributed by atoms with Crippen molar-refractivity contribution in [2.45, 2.75) is 32.4 Å². The second kappa shape index (κ2) is 5.21. The van der Waals surface area contributed by atoms with Gasteiger partial charge < -0.3 is 14.7 Å². The van der Waals surface area contributed by atoms with Gasteiger partial charge in [0.05, 0.1) is 12.2 Å². The molecule has 1 saturated carbocycles. The Morgan fingerprint density at radius 2 is 2.16 bits per heavy atom. The van der Waals surface area contributed by atoms with Crippen LogP contribution in [0.3, 0.4) is 0 Å². The molecule has 6 heteroatoms. The standard InChI is InChI=1S/C13H20N4O2/c1-10-8-12(19-15-10)9-16-4-6-17(7-5-16)13(18)14-11-2-3-11/h8,11H,2-7,9H2,1H3,(H,14,18). The van der Waals surface area contributed by atoms with Crippen molar-refractivity contribution in [3.8, 4) is 0 Å². The molecule has 0 spiro atoms. The Morgan fingerprint density at radius 3 is 2.74 bits per heavy atom. The van der Waals surface area contributed by atoms with E-state index in [1.54, 1.807) is 0 Å². The van der Waals surface area contributed by atoms with Gasteiger partial charge in [-0.05, 0) is 19.8 Å². The summed E-state index contributed by atoms with van der Waals surface area (Å²) < 4.78 is 5.22. The van der Waals surface area contributed by atoms with Crippen LogP contribution in [0.25, 0.3) is 0 Å². The molecule has 1 aromatic heterocycles. The van der Waals surface area contributed by atoms with Gasteiger partial charge in [0.25, 0.3) is 0 Å². The van der Waals surface area contributed by atoms with Crippen LogP contribution < -0.4 is 5.32 Å². The van der Waals surface area contributed by atoms with Crippen LogP contribution in [0.4, 0.5) is 4.79 Å². The van der Waals surface area contributed by atoms with Crippen molar-refractivity contribution in [3.05, 3.63) is 17.5 Å². The highest BCUT2D eigenvalue weighted by atomic mass is 16.5. The summed E-state index contributed by atoms with van der Waals surface area (Å²) in [4.78, 5) is 16.1. The van der Waals surface area contributed by atoms with Crippen molar-refractivity contribution in [1.29, 1.82) is 0 Å². The molecule has 1 N–H and O–H groups in total. The van der Waals surface area contributed by atoms with E-state index < -0.39 is 0 Å². The number of aromatic nitrogens is 1. The van der Waals surface area contributed by atoms with E-state index >= 15 is 0 Å². The van der Waals surface area contributed by atoms with Crippen LogP contribution in [0, 0.1) is 6.92 Å². The van der Waals surface area contributed by atoms with Crippen LogP contribution in [-0.2, 0) is 6.54 Å². The maximum atomic E-state index is 11.9. The van der Waals surface area contributed by atoms with Crippen LogP contribution in [-0.4, -0.2) is 53.2 Å². The maximum absolute atomic E-state index is 11.9. The third-order valence-corrected chi connectivity index (χ3v) is 3.62. The molecule has 0 bridgehead atoms. The van der Waals surface area contributed by atoms with E-state index in [9.17, 15) is 4.79 Å². The minimum atomic E-state index is 0.0951. The Kier molecular flexibility index (Phi) is 3.42. The number of aryl methyl sites for hydroxylation is 1. The molecule has 104 valence electrons. The number of urea groups is 1. The first-order valence-electron chi connectivity index (χ1n) is 6.91. The lowest BCUT2D eigenvalue weighted by Crippen LogP contribution is -2.51. The number of piperazine rings is 1. The molecule has 0 atom stereocenters. The third-order valence-electron chi connectivity index (χ3n) is 3.62. The molecule has 2 fully saturated rings. The molecule has 0 aromatic carbocycles. The summed E-state index contributed by atoms with van der Waals surface area (Å²) in [6.07, 6.45) is 2.27. The maximum Gasteiger partial charge on any atom is 0.317 e. The minimum absolute atomic E-state index is 0.0951. The topological polar surface area (TPSA) is 61.6 Å². The van der Waals surface area contributed by atoms with E-state index in [1.165, 1.54) is 0 Å². The Hall–Kier alpha value is -1.56. The minimum Gasteiger partial charge on any atom is -0.360 e. The summed E-state index contributed by atoms with van der Waals surface area (Å²) in [5.74, 6) is 0.897. The number of carbonyl (C=O) groups excluding carboxylic acids is 1. The Balaban J connectivity index is 1.44. The monoisotopic (exact) mass is 264 g/mol. The molecule has 2 aliphatic rings. The lowest BCUT2D eigenvalue weighted by atomic mass is 10.3. The number of hydrogen-bond donors (Lipinski definition) is 1. The van der Waals surface area contributed by atoms with E-state index in [0.717, 1.165) is 57.0 Å². The quantitative estimate of drug-likeness (QED) is 0.883. The zero-order valence-corrected chi connectivity index (χ0v) is 11.3. The first kappa shape index (κ1) is 12.5. The zero-order valence-electron chi connectivity index (χ0n) is 11.3. The lowest BCUT2D eigenvalue weighted by molar-refractivity contribution is 0.128. The van der Waals surface area contributed by atoms with Gasteiger partial charge in [0.1, 0.15) is 0 Å². The Bertz CT molecular complexity index is 447. The molecule has 1 aliphatic carbocycles. The number of nitrogens with one attached hydrogen (secondary N) is 1. The number of rotatable bonds is 3. The Labute approximate surface area is 112 Å². The van der Waals surface area contributed by atoms with E-state index in [0.29, 0.717) is 6.04 Å². The van der Waals surface area contributed by atoms with Crippen LogP contribution in [0.1, 0.15) is 24.3 Å². The van der Waals surface area contributed by atoms with Crippen molar-refractivity contribution in [2.75, 3.05) is 26.2 Å². The molecule has 6 nitrogen and oxygen atoms in total. The smallest absolute Gasteiger partial charge is 0.317 e. The molecule has 1 aliphatic heterocycles. The van der Waals surface area contributed by atoms with Gasteiger partial charge in [0.2, 0.25) is 0 Å². The van der Waals surface area contributed by atoms with E-state index in [1.807, 2.05) is 17.9 Å². The highest BCUT2D eigenvalue weighted by molar-refractivity contribution is 5.75. The summed E-state index contributed by atoms with van der Waals surface area (Å²) >= 11 is 0. The molecule has 3 rings (SSSR count). The van der Waals surface area contributed by atoms with Gasteiger partial charge in [-0.25, -0.2) is 4.79 Å². The number of carbonyl (C=O) groups is 1. The molecular weight excluding hydrogens is 244 g/mol. The molecule has 2 amide bonds. The fourth-order valence-corrected chi connectivity index (χ4v) is 2.31. The van der Waals surface area contributed by atoms with Crippen molar-refractivity contribution in [3.63, 3.8) is 0 Å². The summed E-state index contributed by atoms with van der Waals surface area (Å²) in [6, 6.07) is 2.49. The number of amides is 2. The van der Waals surface area contributed by atoms with E-state index in [2.05, 4.69) is 15.4 Å². The second-order valence-electron chi connectivity index (χ2n) is 5.42. The van der Waals surface area contributed by atoms with E-state index in [4.69, 9.17) is 4.52 Å². The molecule has 2 heterocycles. The number of nitrogens with zero attached hydrogens (tertiary/aromatic N) is 3. The van der Waals surface area contributed by atoms with Crippen LogP contribution in [0.5, 0.6) is 0 Å². The number of hydrogen-bond acceptors (Lipinski definition) is 4. The molecular formula is C13H20N4O2. The molecule has 19 heavy (non-hydrogen) atoms. The molecule has 1 aromatic rings. The van der Waals surface area contributed by atoms with Gasteiger partial charge in [0, 0.05) is 38.3 Å². The first-order valence-corrected chi connectivity index (χ1v) is 6.91. The zero-order chi connectivity index (χ0) is 13.2. The van der Waals surface area contributed by atoms with Gasteiger partial charge in [-0.3, -0.25) is 4.90 Å². The van der Waals surface area contributed by atoms with Crippen molar-refractivity contribution < 1.29 is 9.32 Å². The average Bonchev–Trinajstić information content (AvgIpc) is 3.12. The first-order chi connectivity index (χ1) is 9.20. The van der Waals surface area contributed by atoms with Gasteiger partial charge in [-0.1, -0.05) is 5.16 Å². The predicted octanol–water partition coefficient (Wildman–Crippen LogP) is 0.973. The predicted molar refractivity (Wildman–Crippen MR) is 69.6 cm³/mol. The van der Waals surface area contributed by atoms with E-state index in [-0.39, 0.29) is 6.03 Å². The average molecular weight is 264 g/mol. The molecule has 0 unspecified atom stereocenters. The van der Waals surface area contributed by atoms with Gasteiger partial charge in [-0.2, -0.15) is 0 Å². The second-order valence-corrected chi connectivity index (χ2v) is 5.42. The van der Waals surface area contributed by atoms with Crippen molar-refractivity contribution in [1.82, 2.24) is 20.3 Å². The fourth-order valence-electron chi connectivity index (χ4n) is 2.31. The fraction of sp³-hybridized carbons (Fsp3) is 0.692. The van der Waals surface area contributed by atoms with Crippen LogP contribution >= 0.6 is 0 Å². The van der Waals surface area contributed by atoms with Gasteiger partial charge in [0.15, 0.2) is 5.76 Å². The highest BCUT2D eigenvalue weighted by Crippen LogP contribution is 2.19. The van der Waals surface area contributed by atoms with Crippen molar-refractivity contribution >= 4 is 6.03 Å². The summed E-state index contributed by atoms with van der Waals surface area (Å²) in [5, 5.41) is 6.92. The normalized spacial score (nSPS) is 20.6. The highest BCUT2D eigenvalue weighted by Gasteiger charge is 2.27. The van der Waals surface area contributed by atoms with Crippen LogP contribution in [0.15, 0.2) is 10.6 Å². The molecule has 1 saturated heterocycles. The third kappa shape index (κ3) is 3.26. The van der Waals surface area contributed by atoms with Crippen LogP contribution in [0.2, 0.25) is 0 Å². The summed E-state index contributed by atoms with van der Waals surface area (Å²) in [6.45, 7) is 6.04. The summed E-state index contributed by atoms with van der Waals surface area (Å²) in [7, 11) is 0. The largest absolute Gasteiger partial charge is 0.360 e. The lowest BCUT2D eigenvalue weighted by Gasteiger charge is -2.34. The molecule has 0 radical (unpaired) electrons. The van der Waals surface area contributed by atoms with Gasteiger partial charge >= 0.3 is 6.03 Å². The van der Waals surface area contributed by atoms with Crippen molar-refractivity contribution in [2.24, 2.45) is 0 Å². The SMILES string of the molecule is Cc1cc(CN2CCN(C(=O)NC3CC3)CC2)on1. The summed E-state index contributed by atoms with van der Waals surface area (Å²) in [5.41, 5.74) is 0.914. The Morgan fingerprint density at radius 1 is 1.42 bits per heavy atom. The van der Waals surface area contributed by atoms with Gasteiger partial charge in [-0.15, -0.1) is 0 Å².